The van der Waals surface area contributed by atoms with E-state index in [1.165, 1.54) is 14.2 Å². The van der Waals surface area contributed by atoms with Gasteiger partial charge in [0.1, 0.15) is 0 Å². The highest BCUT2D eigenvalue weighted by molar-refractivity contribution is 5.96. The molecule has 2 N–H and O–H groups in total. The number of methoxy groups -OCH3 is 2. The zero-order valence-corrected chi connectivity index (χ0v) is 13.3. The summed E-state index contributed by atoms with van der Waals surface area (Å²) in [7, 11) is 3.02. The van der Waals surface area contributed by atoms with Crippen LogP contribution in [0.2, 0.25) is 0 Å². The first-order valence-electron chi connectivity index (χ1n) is 7.37. The summed E-state index contributed by atoms with van der Waals surface area (Å²) < 4.78 is 10.4. The predicted octanol–water partition coefficient (Wildman–Crippen LogP) is 2.17. The number of rotatable bonds is 7. The molecule has 0 bridgehead atoms. The first kappa shape index (κ1) is 16.8. The standard InChI is InChI=1S/C18H21NO4/c1-22-16-10-14(12-20)15(11-17(16)23-2)18(21)19-9-8-13-6-4-3-5-7-13/h3-7,10-11,20H,8-9,12H2,1-2H3,(H,19,21). The summed E-state index contributed by atoms with van der Waals surface area (Å²) >= 11 is 0. The summed E-state index contributed by atoms with van der Waals surface area (Å²) in [6.07, 6.45) is 0.744. The van der Waals surface area contributed by atoms with Crippen LogP contribution in [0.3, 0.4) is 0 Å². The fraction of sp³-hybridized carbons (Fsp3) is 0.278. The van der Waals surface area contributed by atoms with Gasteiger partial charge in [0.25, 0.3) is 5.91 Å². The summed E-state index contributed by atoms with van der Waals surface area (Å²) in [4.78, 5) is 12.4. The molecule has 0 fully saturated rings. The molecule has 2 aromatic rings. The highest BCUT2D eigenvalue weighted by Crippen LogP contribution is 2.30. The van der Waals surface area contributed by atoms with Gasteiger partial charge in [-0.3, -0.25) is 4.79 Å². The number of hydrogen-bond acceptors (Lipinski definition) is 4. The van der Waals surface area contributed by atoms with Gasteiger partial charge in [-0.1, -0.05) is 30.3 Å². The summed E-state index contributed by atoms with van der Waals surface area (Å²) in [6.45, 7) is 0.268. The summed E-state index contributed by atoms with van der Waals surface area (Å²) in [5.74, 6) is 0.696. The predicted molar refractivity (Wildman–Crippen MR) is 87.9 cm³/mol. The van der Waals surface area contributed by atoms with E-state index in [1.54, 1.807) is 12.1 Å². The molecule has 0 aliphatic rings. The molecule has 5 heteroatoms. The minimum atomic E-state index is -0.248. The van der Waals surface area contributed by atoms with Gasteiger partial charge in [0.15, 0.2) is 11.5 Å². The van der Waals surface area contributed by atoms with E-state index in [-0.39, 0.29) is 12.5 Å². The Bertz CT molecular complexity index is 656. The first-order valence-corrected chi connectivity index (χ1v) is 7.37. The van der Waals surface area contributed by atoms with Crippen molar-refractivity contribution in [3.63, 3.8) is 0 Å². The van der Waals surface area contributed by atoms with Gasteiger partial charge in [-0.25, -0.2) is 0 Å². The second-order valence-electron chi connectivity index (χ2n) is 5.01. The number of carbonyl (C=O) groups is 1. The number of ether oxygens (including phenoxy) is 2. The maximum atomic E-state index is 12.4. The molecule has 0 aliphatic heterocycles. The van der Waals surface area contributed by atoms with Crippen LogP contribution in [0.4, 0.5) is 0 Å². The summed E-state index contributed by atoms with van der Waals surface area (Å²) in [5, 5.41) is 12.3. The molecule has 0 aromatic heterocycles. The third-order valence-corrected chi connectivity index (χ3v) is 3.57. The van der Waals surface area contributed by atoms with E-state index >= 15 is 0 Å². The Labute approximate surface area is 135 Å². The molecule has 2 rings (SSSR count). The van der Waals surface area contributed by atoms with Gasteiger partial charge in [-0.15, -0.1) is 0 Å². The van der Waals surface area contributed by atoms with Crippen LogP contribution in [0.5, 0.6) is 11.5 Å². The Hall–Kier alpha value is -2.53. The second kappa shape index (κ2) is 8.19. The lowest BCUT2D eigenvalue weighted by atomic mass is 10.1. The van der Waals surface area contributed by atoms with Crippen LogP contribution in [0.25, 0.3) is 0 Å². The van der Waals surface area contributed by atoms with Gasteiger partial charge in [0.2, 0.25) is 0 Å². The highest BCUT2D eigenvalue weighted by Gasteiger charge is 2.16. The Morgan fingerprint density at radius 3 is 2.35 bits per heavy atom. The van der Waals surface area contributed by atoms with Crippen molar-refractivity contribution in [2.24, 2.45) is 0 Å². The molecule has 5 nitrogen and oxygen atoms in total. The fourth-order valence-electron chi connectivity index (χ4n) is 2.32. The van der Waals surface area contributed by atoms with Crippen LogP contribution in [0.15, 0.2) is 42.5 Å². The van der Waals surface area contributed by atoms with Gasteiger partial charge < -0.3 is 19.9 Å². The zero-order chi connectivity index (χ0) is 16.7. The Balaban J connectivity index is 2.08. The van der Waals surface area contributed by atoms with Gasteiger partial charge in [-0.2, -0.15) is 0 Å². The van der Waals surface area contributed by atoms with Crippen LogP contribution in [-0.4, -0.2) is 31.8 Å². The number of amides is 1. The minimum absolute atomic E-state index is 0.245. The maximum Gasteiger partial charge on any atom is 0.251 e. The molecule has 23 heavy (non-hydrogen) atoms. The average Bonchev–Trinajstić information content (AvgIpc) is 2.61. The lowest BCUT2D eigenvalue weighted by Crippen LogP contribution is -2.26. The molecular weight excluding hydrogens is 294 g/mol. The number of carbonyl (C=O) groups excluding carboxylic acids is 1. The van der Waals surface area contributed by atoms with Crippen LogP contribution in [0, 0.1) is 0 Å². The fourth-order valence-corrected chi connectivity index (χ4v) is 2.32. The van der Waals surface area contributed by atoms with Gasteiger partial charge in [0.05, 0.1) is 20.8 Å². The van der Waals surface area contributed by atoms with E-state index < -0.39 is 0 Å². The molecular formula is C18H21NO4. The summed E-state index contributed by atoms with van der Waals surface area (Å²) in [5.41, 5.74) is 2.04. The number of nitrogens with one attached hydrogen (secondary N) is 1. The average molecular weight is 315 g/mol. The van der Waals surface area contributed by atoms with Gasteiger partial charge in [-0.05, 0) is 29.7 Å². The quantitative estimate of drug-likeness (QED) is 0.822. The molecule has 0 saturated carbocycles. The van der Waals surface area contributed by atoms with Gasteiger partial charge in [0, 0.05) is 12.1 Å². The molecule has 122 valence electrons. The molecule has 2 aromatic carbocycles. The van der Waals surface area contributed by atoms with Crippen LogP contribution in [-0.2, 0) is 13.0 Å². The van der Waals surface area contributed by atoms with Crippen molar-refractivity contribution in [1.82, 2.24) is 5.32 Å². The molecule has 1 amide bonds. The molecule has 0 heterocycles. The van der Waals surface area contributed by atoms with Crippen molar-refractivity contribution in [3.05, 3.63) is 59.2 Å². The number of benzene rings is 2. The van der Waals surface area contributed by atoms with Crippen LogP contribution in [0.1, 0.15) is 21.5 Å². The van der Waals surface area contributed by atoms with E-state index in [1.807, 2.05) is 30.3 Å². The third-order valence-electron chi connectivity index (χ3n) is 3.57. The Kier molecular flexibility index (Phi) is 6.00. The van der Waals surface area contributed by atoms with Gasteiger partial charge >= 0.3 is 0 Å². The van der Waals surface area contributed by atoms with Crippen molar-refractivity contribution < 1.29 is 19.4 Å². The smallest absolute Gasteiger partial charge is 0.251 e. The monoisotopic (exact) mass is 315 g/mol. The maximum absolute atomic E-state index is 12.4. The molecule has 0 unspecified atom stereocenters. The summed E-state index contributed by atoms with van der Waals surface area (Å²) in [6, 6.07) is 13.1. The lowest BCUT2D eigenvalue weighted by Gasteiger charge is -2.14. The molecule has 0 spiro atoms. The van der Waals surface area contributed by atoms with Crippen molar-refractivity contribution in [2.75, 3.05) is 20.8 Å². The van der Waals surface area contributed by atoms with Crippen LogP contribution < -0.4 is 14.8 Å². The van der Waals surface area contributed by atoms with E-state index in [9.17, 15) is 9.90 Å². The molecule has 0 atom stereocenters. The van der Waals surface area contributed by atoms with E-state index in [2.05, 4.69) is 5.32 Å². The van der Waals surface area contributed by atoms with Crippen LogP contribution >= 0.6 is 0 Å². The van der Waals surface area contributed by atoms with Crippen molar-refractivity contribution in [2.45, 2.75) is 13.0 Å². The normalized spacial score (nSPS) is 10.2. The van der Waals surface area contributed by atoms with E-state index in [0.717, 1.165) is 12.0 Å². The Morgan fingerprint density at radius 2 is 1.74 bits per heavy atom. The largest absolute Gasteiger partial charge is 0.493 e. The highest BCUT2D eigenvalue weighted by atomic mass is 16.5. The Morgan fingerprint density at radius 1 is 1.09 bits per heavy atom. The third kappa shape index (κ3) is 4.23. The zero-order valence-electron chi connectivity index (χ0n) is 13.3. The first-order chi connectivity index (χ1) is 11.2. The van der Waals surface area contributed by atoms with Crippen molar-refractivity contribution in [3.8, 4) is 11.5 Å². The topological polar surface area (TPSA) is 67.8 Å². The lowest BCUT2D eigenvalue weighted by molar-refractivity contribution is 0.0950. The minimum Gasteiger partial charge on any atom is -0.493 e. The van der Waals surface area contributed by atoms with E-state index in [0.29, 0.717) is 29.2 Å². The number of aliphatic hydroxyl groups is 1. The van der Waals surface area contributed by atoms with Crippen molar-refractivity contribution in [1.29, 1.82) is 0 Å². The second-order valence-corrected chi connectivity index (χ2v) is 5.01. The van der Waals surface area contributed by atoms with Crippen molar-refractivity contribution >= 4 is 5.91 Å². The SMILES string of the molecule is COc1cc(CO)c(C(=O)NCCc2ccccc2)cc1OC. The van der Waals surface area contributed by atoms with E-state index in [4.69, 9.17) is 9.47 Å². The number of hydrogen-bond donors (Lipinski definition) is 2. The number of aliphatic hydroxyl groups excluding tert-OH is 1. The molecule has 0 aliphatic carbocycles. The molecule has 0 radical (unpaired) electrons. The molecule has 0 saturated heterocycles.